The topological polar surface area (TPSA) is 81.7 Å². The van der Waals surface area contributed by atoms with Crippen LogP contribution in [0.2, 0.25) is 10.0 Å². The van der Waals surface area contributed by atoms with Crippen LogP contribution in [0.3, 0.4) is 0 Å². The SMILES string of the molecule is COc1cc(-c2nn3c(C)ncc3o2)ccc1NC(=O)CCc1c(Cl)cc(C(F)(F)F)cc1Cl. The van der Waals surface area contributed by atoms with E-state index >= 15 is 0 Å². The molecule has 2 aromatic carbocycles. The number of rotatable bonds is 6. The van der Waals surface area contributed by atoms with E-state index in [9.17, 15) is 18.0 Å². The second-order valence-corrected chi connectivity index (χ2v) is 8.16. The van der Waals surface area contributed by atoms with Crippen molar-refractivity contribution < 1.29 is 27.1 Å². The summed E-state index contributed by atoms with van der Waals surface area (Å²) in [5.74, 6) is 0.997. The predicted octanol–water partition coefficient (Wildman–Crippen LogP) is 6.20. The zero-order valence-corrected chi connectivity index (χ0v) is 19.3. The Morgan fingerprint density at radius 2 is 1.91 bits per heavy atom. The summed E-state index contributed by atoms with van der Waals surface area (Å²) in [7, 11) is 1.45. The van der Waals surface area contributed by atoms with Gasteiger partial charge in [0.15, 0.2) is 0 Å². The Balaban J connectivity index is 1.47. The molecule has 0 atom stereocenters. The molecule has 0 aliphatic carbocycles. The van der Waals surface area contributed by atoms with Crippen molar-refractivity contribution in [2.45, 2.75) is 25.9 Å². The van der Waals surface area contributed by atoms with Crippen molar-refractivity contribution in [1.82, 2.24) is 14.6 Å². The first kappa shape index (κ1) is 23.9. The maximum absolute atomic E-state index is 12.9. The Morgan fingerprint density at radius 3 is 2.53 bits per heavy atom. The lowest BCUT2D eigenvalue weighted by molar-refractivity contribution is -0.137. The van der Waals surface area contributed by atoms with E-state index < -0.39 is 17.6 Å². The molecule has 0 radical (unpaired) electrons. The molecule has 0 fully saturated rings. The van der Waals surface area contributed by atoms with E-state index in [1.165, 1.54) is 7.11 Å². The summed E-state index contributed by atoms with van der Waals surface area (Å²) in [6.45, 7) is 1.80. The summed E-state index contributed by atoms with van der Waals surface area (Å²) in [5, 5.41) is 6.78. The van der Waals surface area contributed by atoms with Crippen molar-refractivity contribution in [3.8, 4) is 17.2 Å². The number of nitrogens with zero attached hydrogens (tertiary/aromatic N) is 3. The summed E-state index contributed by atoms with van der Waals surface area (Å²) >= 11 is 12.0. The largest absolute Gasteiger partial charge is 0.495 e. The van der Waals surface area contributed by atoms with E-state index in [4.69, 9.17) is 32.4 Å². The van der Waals surface area contributed by atoms with Gasteiger partial charge in [-0.15, -0.1) is 5.10 Å². The first-order valence-electron chi connectivity index (χ1n) is 9.91. The number of fused-ring (bicyclic) bond motifs is 1. The van der Waals surface area contributed by atoms with Gasteiger partial charge in [0.25, 0.3) is 0 Å². The quantitative estimate of drug-likeness (QED) is 0.332. The number of benzene rings is 2. The molecule has 178 valence electrons. The van der Waals surface area contributed by atoms with Gasteiger partial charge in [0.05, 0.1) is 24.6 Å². The van der Waals surface area contributed by atoms with E-state index in [1.54, 1.807) is 35.8 Å². The first-order chi connectivity index (χ1) is 16.1. The highest BCUT2D eigenvalue weighted by atomic mass is 35.5. The van der Waals surface area contributed by atoms with Crippen LogP contribution in [-0.2, 0) is 17.4 Å². The van der Waals surface area contributed by atoms with Gasteiger partial charge >= 0.3 is 6.18 Å². The van der Waals surface area contributed by atoms with E-state index in [-0.39, 0.29) is 28.5 Å². The smallest absolute Gasteiger partial charge is 0.416 e. The van der Waals surface area contributed by atoms with Gasteiger partial charge in [-0.2, -0.15) is 17.7 Å². The van der Waals surface area contributed by atoms with Gasteiger partial charge in [-0.3, -0.25) is 4.79 Å². The van der Waals surface area contributed by atoms with Crippen LogP contribution < -0.4 is 10.1 Å². The van der Waals surface area contributed by atoms with Crippen molar-refractivity contribution in [1.29, 1.82) is 0 Å². The summed E-state index contributed by atoms with van der Waals surface area (Å²) in [6, 6.07) is 6.59. The number of ether oxygens (including phenoxy) is 1. The number of nitrogens with one attached hydrogen (secondary N) is 1. The van der Waals surface area contributed by atoms with Crippen molar-refractivity contribution in [2.24, 2.45) is 0 Å². The molecule has 34 heavy (non-hydrogen) atoms. The Labute approximate surface area is 201 Å². The molecule has 0 aliphatic rings. The van der Waals surface area contributed by atoms with Crippen molar-refractivity contribution in [3.63, 3.8) is 0 Å². The lowest BCUT2D eigenvalue weighted by Crippen LogP contribution is -2.13. The van der Waals surface area contributed by atoms with Gasteiger partial charge in [0.1, 0.15) is 11.6 Å². The Hall–Kier alpha value is -3.24. The van der Waals surface area contributed by atoms with Crippen LogP contribution in [0.1, 0.15) is 23.4 Å². The molecule has 4 rings (SSSR count). The molecule has 1 amide bonds. The Kier molecular flexibility index (Phi) is 6.46. The van der Waals surface area contributed by atoms with Gasteiger partial charge in [0, 0.05) is 22.0 Å². The molecule has 0 saturated heterocycles. The minimum Gasteiger partial charge on any atom is -0.495 e. The van der Waals surface area contributed by atoms with E-state index in [0.29, 0.717) is 34.4 Å². The number of imidazole rings is 1. The third-order valence-corrected chi connectivity index (χ3v) is 5.74. The molecule has 0 saturated carbocycles. The monoisotopic (exact) mass is 512 g/mol. The minimum atomic E-state index is -4.57. The zero-order valence-electron chi connectivity index (χ0n) is 17.8. The van der Waals surface area contributed by atoms with Gasteiger partial charge < -0.3 is 14.5 Å². The maximum atomic E-state index is 12.9. The Bertz CT molecular complexity index is 1360. The average molecular weight is 513 g/mol. The number of aromatic nitrogens is 3. The number of carbonyl (C=O) groups is 1. The number of anilines is 1. The van der Waals surface area contributed by atoms with Gasteiger partial charge in [-0.05, 0) is 49.2 Å². The summed E-state index contributed by atoms with van der Waals surface area (Å²) < 4.78 is 51.3. The highest BCUT2D eigenvalue weighted by Crippen LogP contribution is 2.36. The molecule has 2 aromatic heterocycles. The van der Waals surface area contributed by atoms with E-state index in [1.807, 2.05) is 0 Å². The third kappa shape index (κ3) is 4.83. The van der Waals surface area contributed by atoms with Crippen molar-refractivity contribution >= 4 is 40.5 Å². The molecule has 0 unspecified atom stereocenters. The minimum absolute atomic E-state index is 0.0541. The number of alkyl halides is 3. The number of hydrogen-bond donors (Lipinski definition) is 1. The molecular weight excluding hydrogens is 496 g/mol. The van der Waals surface area contributed by atoms with Crippen LogP contribution in [0, 0.1) is 6.92 Å². The lowest BCUT2D eigenvalue weighted by atomic mass is 10.1. The predicted molar refractivity (Wildman–Crippen MR) is 120 cm³/mol. The molecular formula is C22H17Cl2F3N4O3. The summed E-state index contributed by atoms with van der Waals surface area (Å²) in [4.78, 5) is 16.6. The second-order valence-electron chi connectivity index (χ2n) is 7.34. The van der Waals surface area contributed by atoms with E-state index in [2.05, 4.69) is 15.4 Å². The molecule has 7 nitrogen and oxygen atoms in total. The highest BCUT2D eigenvalue weighted by Gasteiger charge is 2.32. The number of carbonyl (C=O) groups excluding carboxylic acids is 1. The zero-order chi connectivity index (χ0) is 24.6. The summed E-state index contributed by atoms with van der Waals surface area (Å²) in [5.41, 5.74) is 0.831. The number of halogens is 5. The van der Waals surface area contributed by atoms with Crippen LogP contribution in [-0.4, -0.2) is 27.6 Å². The molecule has 0 bridgehead atoms. The lowest BCUT2D eigenvalue weighted by Gasteiger charge is -2.13. The number of aryl methyl sites for hydroxylation is 1. The van der Waals surface area contributed by atoms with Gasteiger partial charge in [-0.1, -0.05) is 23.2 Å². The van der Waals surface area contributed by atoms with E-state index in [0.717, 1.165) is 12.1 Å². The fourth-order valence-electron chi connectivity index (χ4n) is 3.32. The average Bonchev–Trinajstić information content (AvgIpc) is 3.34. The van der Waals surface area contributed by atoms with Gasteiger partial charge in [0.2, 0.25) is 17.5 Å². The van der Waals surface area contributed by atoms with Crippen molar-refractivity contribution in [2.75, 3.05) is 12.4 Å². The first-order valence-corrected chi connectivity index (χ1v) is 10.7. The fourth-order valence-corrected chi connectivity index (χ4v) is 4.00. The maximum Gasteiger partial charge on any atom is 0.416 e. The molecule has 2 heterocycles. The van der Waals surface area contributed by atoms with Crippen LogP contribution in [0.25, 0.3) is 17.2 Å². The summed E-state index contributed by atoms with van der Waals surface area (Å²) in [6.07, 6.45) is -3.01. The third-order valence-electron chi connectivity index (χ3n) is 5.06. The molecule has 0 aliphatic heterocycles. The number of amides is 1. The second kappa shape index (κ2) is 9.19. The van der Waals surface area contributed by atoms with Crippen molar-refractivity contribution in [3.05, 3.63) is 63.5 Å². The molecule has 12 heteroatoms. The molecule has 0 spiro atoms. The van der Waals surface area contributed by atoms with Crippen LogP contribution in [0.15, 0.2) is 40.9 Å². The highest BCUT2D eigenvalue weighted by molar-refractivity contribution is 6.36. The van der Waals surface area contributed by atoms with Gasteiger partial charge in [-0.25, -0.2) is 4.98 Å². The fraction of sp³-hybridized carbons (Fsp3) is 0.227. The molecule has 4 aromatic rings. The van der Waals surface area contributed by atoms with Crippen LogP contribution in [0.5, 0.6) is 5.75 Å². The normalized spacial score (nSPS) is 11.7. The molecule has 1 N–H and O–H groups in total. The standard InChI is InChI=1S/C22H17Cl2F3N4O3/c1-11-28-10-20-31(11)30-21(34-20)12-3-5-17(18(7-12)33-2)29-19(32)6-4-14-15(23)8-13(9-16(14)24)22(25,26)27/h3,5,7-10H,4,6H2,1-2H3,(H,29,32). The van der Waals surface area contributed by atoms with Crippen LogP contribution in [0.4, 0.5) is 18.9 Å². The Morgan fingerprint density at radius 1 is 1.21 bits per heavy atom. The van der Waals surface area contributed by atoms with Crippen LogP contribution >= 0.6 is 23.2 Å². The number of methoxy groups -OCH3 is 1. The number of hydrogen-bond acceptors (Lipinski definition) is 5.